The summed E-state index contributed by atoms with van der Waals surface area (Å²) in [5, 5.41) is 3.13. The minimum absolute atomic E-state index is 0.0374. The van der Waals surface area contributed by atoms with E-state index in [-0.39, 0.29) is 18.3 Å². The molecule has 0 unspecified atom stereocenters. The van der Waals surface area contributed by atoms with Crippen molar-refractivity contribution in [1.82, 2.24) is 4.90 Å². The Labute approximate surface area is 156 Å². The van der Waals surface area contributed by atoms with E-state index in [1.54, 1.807) is 12.1 Å². The first kappa shape index (κ1) is 20.1. The maximum absolute atomic E-state index is 13.0. The quantitative estimate of drug-likeness (QED) is 0.745. The first-order valence-corrected chi connectivity index (χ1v) is 9.13. The van der Waals surface area contributed by atoms with Gasteiger partial charge in [0.1, 0.15) is 5.82 Å². The summed E-state index contributed by atoms with van der Waals surface area (Å²) in [4.78, 5) is 14.5. The van der Waals surface area contributed by atoms with Crippen molar-refractivity contribution in [3.05, 3.63) is 65.0 Å². The number of para-hydroxylation sites is 1. The minimum atomic E-state index is -0.249. The van der Waals surface area contributed by atoms with Gasteiger partial charge in [-0.3, -0.25) is 9.69 Å². The van der Waals surface area contributed by atoms with Crippen LogP contribution in [0.1, 0.15) is 56.2 Å². The molecule has 0 bridgehead atoms. The Kier molecular flexibility index (Phi) is 6.92. The zero-order valence-electron chi connectivity index (χ0n) is 16.3. The fourth-order valence-corrected chi connectivity index (χ4v) is 3.08. The first-order valence-electron chi connectivity index (χ1n) is 9.13. The molecule has 0 heterocycles. The largest absolute Gasteiger partial charge is 0.324 e. The Balaban J connectivity index is 2.08. The standard InChI is InChI=1S/C22H29FN2O/c1-15(2)19-7-6-8-20(16(3)4)22(19)24-21(26)14-25(5)13-17-9-11-18(23)12-10-17/h6-12,15-16H,13-14H2,1-5H3,(H,24,26). The topological polar surface area (TPSA) is 32.3 Å². The molecule has 0 radical (unpaired) electrons. The maximum Gasteiger partial charge on any atom is 0.238 e. The number of rotatable bonds is 7. The van der Waals surface area contributed by atoms with Crippen LogP contribution < -0.4 is 5.32 Å². The summed E-state index contributed by atoms with van der Waals surface area (Å²) in [6.07, 6.45) is 0. The van der Waals surface area contributed by atoms with Crippen LogP contribution in [0.25, 0.3) is 0 Å². The van der Waals surface area contributed by atoms with Crippen molar-refractivity contribution >= 4 is 11.6 Å². The third kappa shape index (κ3) is 5.40. The Morgan fingerprint density at radius 2 is 1.54 bits per heavy atom. The van der Waals surface area contributed by atoms with Crippen LogP contribution in [0.3, 0.4) is 0 Å². The van der Waals surface area contributed by atoms with Crippen molar-refractivity contribution in [3.63, 3.8) is 0 Å². The normalized spacial score (nSPS) is 11.4. The third-order valence-electron chi connectivity index (χ3n) is 4.42. The Bertz CT molecular complexity index is 712. The van der Waals surface area contributed by atoms with Crippen LogP contribution in [0.2, 0.25) is 0 Å². The van der Waals surface area contributed by atoms with Gasteiger partial charge in [-0.15, -0.1) is 0 Å². The van der Waals surface area contributed by atoms with E-state index >= 15 is 0 Å². The molecule has 0 saturated heterocycles. The molecule has 2 aromatic carbocycles. The number of hydrogen-bond donors (Lipinski definition) is 1. The van der Waals surface area contributed by atoms with Crippen LogP contribution in [0.4, 0.5) is 10.1 Å². The Hall–Kier alpha value is -2.20. The molecule has 3 nitrogen and oxygen atoms in total. The fourth-order valence-electron chi connectivity index (χ4n) is 3.08. The van der Waals surface area contributed by atoms with Crippen molar-refractivity contribution in [2.75, 3.05) is 18.9 Å². The Morgan fingerprint density at radius 3 is 2.04 bits per heavy atom. The van der Waals surface area contributed by atoms with E-state index in [1.165, 1.54) is 12.1 Å². The second-order valence-electron chi connectivity index (χ2n) is 7.47. The second-order valence-corrected chi connectivity index (χ2v) is 7.47. The lowest BCUT2D eigenvalue weighted by Gasteiger charge is -2.22. The molecule has 2 aromatic rings. The van der Waals surface area contributed by atoms with Crippen LogP contribution >= 0.6 is 0 Å². The van der Waals surface area contributed by atoms with Crippen molar-refractivity contribution in [3.8, 4) is 0 Å². The molecular formula is C22H29FN2O. The Morgan fingerprint density at radius 1 is 1.00 bits per heavy atom. The number of nitrogens with zero attached hydrogens (tertiary/aromatic N) is 1. The number of carbonyl (C=O) groups excluding carboxylic acids is 1. The van der Waals surface area contributed by atoms with Gasteiger partial charge in [-0.25, -0.2) is 4.39 Å². The lowest BCUT2D eigenvalue weighted by Crippen LogP contribution is -2.30. The molecule has 2 rings (SSSR count). The van der Waals surface area contributed by atoms with Gasteiger partial charge in [0.2, 0.25) is 5.91 Å². The van der Waals surface area contributed by atoms with Gasteiger partial charge in [0.05, 0.1) is 6.54 Å². The highest BCUT2D eigenvalue weighted by Gasteiger charge is 2.16. The molecule has 4 heteroatoms. The number of halogens is 1. The highest BCUT2D eigenvalue weighted by Crippen LogP contribution is 2.32. The smallest absolute Gasteiger partial charge is 0.238 e. The molecule has 0 aromatic heterocycles. The van der Waals surface area contributed by atoms with Crippen LogP contribution in [0, 0.1) is 5.82 Å². The number of nitrogens with one attached hydrogen (secondary N) is 1. The van der Waals surface area contributed by atoms with E-state index in [2.05, 4.69) is 51.2 Å². The van der Waals surface area contributed by atoms with Crippen molar-refractivity contribution in [2.24, 2.45) is 0 Å². The number of benzene rings is 2. The summed E-state index contributed by atoms with van der Waals surface area (Å²) in [6, 6.07) is 12.6. The highest BCUT2D eigenvalue weighted by molar-refractivity contribution is 5.94. The van der Waals surface area contributed by atoms with Gasteiger partial charge in [0.25, 0.3) is 0 Å². The molecule has 0 aliphatic rings. The minimum Gasteiger partial charge on any atom is -0.324 e. The van der Waals surface area contributed by atoms with Crippen LogP contribution in [0.5, 0.6) is 0 Å². The summed E-state index contributed by atoms with van der Waals surface area (Å²) >= 11 is 0. The SMILES string of the molecule is CC(C)c1cccc(C(C)C)c1NC(=O)CN(C)Cc1ccc(F)cc1. The molecule has 140 valence electrons. The molecule has 0 atom stereocenters. The third-order valence-corrected chi connectivity index (χ3v) is 4.42. The van der Waals surface area contributed by atoms with Gasteiger partial charge in [0.15, 0.2) is 0 Å². The predicted octanol–water partition coefficient (Wildman–Crippen LogP) is 5.14. The summed E-state index contributed by atoms with van der Waals surface area (Å²) in [5.41, 5.74) is 4.24. The number of amides is 1. The molecule has 1 N–H and O–H groups in total. The molecule has 0 aliphatic heterocycles. The summed E-state index contributed by atoms with van der Waals surface area (Å²) in [6.45, 7) is 9.41. The zero-order chi connectivity index (χ0) is 19.3. The van der Waals surface area contributed by atoms with Crippen LogP contribution in [-0.4, -0.2) is 24.4 Å². The molecule has 0 fully saturated rings. The van der Waals surface area contributed by atoms with Crippen LogP contribution in [-0.2, 0) is 11.3 Å². The molecule has 0 aliphatic carbocycles. The lowest BCUT2D eigenvalue weighted by molar-refractivity contribution is -0.117. The average molecular weight is 356 g/mol. The average Bonchev–Trinajstić information content (AvgIpc) is 2.56. The lowest BCUT2D eigenvalue weighted by atomic mass is 9.92. The number of carbonyl (C=O) groups is 1. The van der Waals surface area contributed by atoms with Gasteiger partial charge in [-0.2, -0.15) is 0 Å². The van der Waals surface area contributed by atoms with Crippen molar-refractivity contribution in [2.45, 2.75) is 46.1 Å². The molecule has 0 spiro atoms. The van der Waals surface area contributed by atoms with Gasteiger partial charge in [0, 0.05) is 12.2 Å². The van der Waals surface area contributed by atoms with Gasteiger partial charge in [-0.05, 0) is 47.7 Å². The highest BCUT2D eigenvalue weighted by atomic mass is 19.1. The number of anilines is 1. The van der Waals surface area contributed by atoms with E-state index < -0.39 is 0 Å². The number of likely N-dealkylation sites (N-methyl/N-ethyl adjacent to an activating group) is 1. The second kappa shape index (κ2) is 8.95. The molecule has 0 saturated carbocycles. The van der Waals surface area contributed by atoms with Gasteiger partial charge in [-0.1, -0.05) is 58.0 Å². The molecular weight excluding hydrogens is 327 g/mol. The summed E-state index contributed by atoms with van der Waals surface area (Å²) < 4.78 is 13.0. The van der Waals surface area contributed by atoms with E-state index in [9.17, 15) is 9.18 Å². The molecule has 1 amide bonds. The monoisotopic (exact) mass is 356 g/mol. The van der Waals surface area contributed by atoms with E-state index in [0.29, 0.717) is 18.4 Å². The maximum atomic E-state index is 13.0. The van der Waals surface area contributed by atoms with Crippen molar-refractivity contribution in [1.29, 1.82) is 0 Å². The van der Waals surface area contributed by atoms with E-state index in [4.69, 9.17) is 0 Å². The fraction of sp³-hybridized carbons (Fsp3) is 0.409. The summed E-state index contributed by atoms with van der Waals surface area (Å²) in [7, 11) is 1.89. The zero-order valence-corrected chi connectivity index (χ0v) is 16.3. The van der Waals surface area contributed by atoms with Crippen LogP contribution in [0.15, 0.2) is 42.5 Å². The van der Waals surface area contributed by atoms with Gasteiger partial charge >= 0.3 is 0 Å². The van der Waals surface area contributed by atoms with Crippen molar-refractivity contribution < 1.29 is 9.18 Å². The van der Waals surface area contributed by atoms with Gasteiger partial charge < -0.3 is 5.32 Å². The van der Waals surface area contributed by atoms with E-state index in [0.717, 1.165) is 22.4 Å². The van der Waals surface area contributed by atoms with E-state index in [1.807, 2.05) is 11.9 Å². The predicted molar refractivity (Wildman–Crippen MR) is 106 cm³/mol. The number of hydrogen-bond acceptors (Lipinski definition) is 2. The molecule has 26 heavy (non-hydrogen) atoms. The first-order chi connectivity index (χ1) is 12.3. The summed E-state index contributed by atoms with van der Waals surface area (Å²) in [5.74, 6) is 0.382.